The minimum absolute atomic E-state index is 1.12. The molecule has 0 bridgehead atoms. The summed E-state index contributed by atoms with van der Waals surface area (Å²) in [5, 5.41) is 0. The van der Waals surface area contributed by atoms with Gasteiger partial charge in [0.05, 0.1) is 0 Å². The summed E-state index contributed by atoms with van der Waals surface area (Å²) >= 11 is 0. The first-order valence-electron chi connectivity index (χ1n) is 8.38. The molecule has 5 unspecified atom stereocenters. The zero-order valence-electron chi connectivity index (χ0n) is 11.7. The molecule has 0 aromatic heterocycles. The molecule has 0 heterocycles. The molecule has 0 aromatic rings. The molecule has 0 aliphatic heterocycles. The highest BCUT2D eigenvalue weighted by Crippen LogP contribution is 2.57. The van der Waals surface area contributed by atoms with Crippen LogP contribution in [-0.4, -0.2) is 0 Å². The number of rotatable bonds is 4. The largest absolute Gasteiger partial charge is 0.0654 e. The molecule has 3 aliphatic carbocycles. The van der Waals surface area contributed by atoms with Gasteiger partial charge in [0.2, 0.25) is 0 Å². The molecule has 0 N–H and O–H groups in total. The van der Waals surface area contributed by atoms with Gasteiger partial charge in [0.1, 0.15) is 0 Å². The van der Waals surface area contributed by atoms with Crippen molar-refractivity contribution in [2.75, 3.05) is 0 Å². The van der Waals surface area contributed by atoms with E-state index in [1.807, 2.05) is 0 Å². The predicted molar refractivity (Wildman–Crippen MR) is 73.9 cm³/mol. The van der Waals surface area contributed by atoms with Crippen LogP contribution in [0.25, 0.3) is 0 Å². The van der Waals surface area contributed by atoms with Gasteiger partial charge in [0.25, 0.3) is 0 Å². The summed E-state index contributed by atoms with van der Waals surface area (Å²) in [7, 11) is 0. The Bertz CT molecular complexity index is 244. The SMILES string of the molecule is CCCCCC1CC2CC3CCCCC3C2C1. The van der Waals surface area contributed by atoms with Gasteiger partial charge in [0.15, 0.2) is 0 Å². The van der Waals surface area contributed by atoms with Gasteiger partial charge in [-0.2, -0.15) is 0 Å². The number of hydrogen-bond donors (Lipinski definition) is 0. The van der Waals surface area contributed by atoms with Gasteiger partial charge in [-0.25, -0.2) is 0 Å². The summed E-state index contributed by atoms with van der Waals surface area (Å²) < 4.78 is 0. The summed E-state index contributed by atoms with van der Waals surface area (Å²) in [6.45, 7) is 2.33. The third-order valence-corrected chi connectivity index (χ3v) is 6.19. The number of hydrogen-bond acceptors (Lipinski definition) is 0. The van der Waals surface area contributed by atoms with E-state index in [0.717, 1.165) is 17.8 Å². The van der Waals surface area contributed by atoms with Crippen molar-refractivity contribution in [2.24, 2.45) is 29.6 Å². The van der Waals surface area contributed by atoms with Crippen LogP contribution in [0.1, 0.15) is 77.6 Å². The van der Waals surface area contributed by atoms with E-state index in [2.05, 4.69) is 6.92 Å². The summed E-state index contributed by atoms with van der Waals surface area (Å²) in [4.78, 5) is 0. The maximum atomic E-state index is 2.33. The van der Waals surface area contributed by atoms with Crippen LogP contribution in [0.3, 0.4) is 0 Å². The third-order valence-electron chi connectivity index (χ3n) is 6.19. The lowest BCUT2D eigenvalue weighted by Crippen LogP contribution is -2.19. The lowest BCUT2D eigenvalue weighted by Gasteiger charge is -2.29. The van der Waals surface area contributed by atoms with Crippen LogP contribution in [0.2, 0.25) is 0 Å². The molecule has 0 saturated heterocycles. The van der Waals surface area contributed by atoms with Crippen LogP contribution in [0.4, 0.5) is 0 Å². The molecular formula is C17H30. The van der Waals surface area contributed by atoms with Gasteiger partial charge >= 0.3 is 0 Å². The van der Waals surface area contributed by atoms with Crippen molar-refractivity contribution < 1.29 is 0 Å². The fourth-order valence-electron chi connectivity index (χ4n) is 5.47. The highest BCUT2D eigenvalue weighted by molar-refractivity contribution is 4.97. The van der Waals surface area contributed by atoms with Crippen molar-refractivity contribution in [2.45, 2.75) is 77.6 Å². The first-order valence-corrected chi connectivity index (χ1v) is 8.38. The van der Waals surface area contributed by atoms with E-state index in [9.17, 15) is 0 Å². The Balaban J connectivity index is 1.51. The van der Waals surface area contributed by atoms with Crippen LogP contribution in [0.5, 0.6) is 0 Å². The number of unbranched alkanes of at least 4 members (excludes halogenated alkanes) is 2. The third kappa shape index (κ3) is 2.42. The Kier molecular flexibility index (Phi) is 3.78. The Morgan fingerprint density at radius 2 is 1.71 bits per heavy atom. The van der Waals surface area contributed by atoms with Crippen LogP contribution in [0.15, 0.2) is 0 Å². The highest BCUT2D eigenvalue weighted by Gasteiger charge is 2.48. The molecule has 0 heteroatoms. The normalized spacial score (nSPS) is 44.6. The second kappa shape index (κ2) is 5.33. The Morgan fingerprint density at radius 1 is 0.824 bits per heavy atom. The molecule has 0 spiro atoms. The van der Waals surface area contributed by atoms with E-state index in [1.165, 1.54) is 31.1 Å². The van der Waals surface area contributed by atoms with Gasteiger partial charge in [0, 0.05) is 0 Å². The standard InChI is InChI=1S/C17H30/c1-2-3-4-7-13-10-15-12-14-8-5-6-9-16(14)17(15)11-13/h13-17H,2-12H2,1H3. The van der Waals surface area contributed by atoms with Crippen molar-refractivity contribution in [3.63, 3.8) is 0 Å². The van der Waals surface area contributed by atoms with E-state index < -0.39 is 0 Å². The summed E-state index contributed by atoms with van der Waals surface area (Å²) in [5.41, 5.74) is 0. The molecule has 3 fully saturated rings. The Hall–Kier alpha value is 0. The van der Waals surface area contributed by atoms with Crippen molar-refractivity contribution in [1.82, 2.24) is 0 Å². The molecule has 0 nitrogen and oxygen atoms in total. The molecule has 3 saturated carbocycles. The fourth-order valence-corrected chi connectivity index (χ4v) is 5.47. The second-order valence-corrected chi connectivity index (χ2v) is 7.20. The van der Waals surface area contributed by atoms with Crippen molar-refractivity contribution >= 4 is 0 Å². The zero-order valence-corrected chi connectivity index (χ0v) is 11.7. The molecular weight excluding hydrogens is 204 g/mol. The lowest BCUT2D eigenvalue weighted by atomic mass is 9.76. The highest BCUT2D eigenvalue weighted by atomic mass is 14.5. The van der Waals surface area contributed by atoms with Crippen molar-refractivity contribution in [1.29, 1.82) is 0 Å². The predicted octanol–water partition coefficient (Wildman–Crippen LogP) is 5.42. The van der Waals surface area contributed by atoms with Gasteiger partial charge in [-0.15, -0.1) is 0 Å². The van der Waals surface area contributed by atoms with Crippen molar-refractivity contribution in [3.8, 4) is 0 Å². The average molecular weight is 234 g/mol. The maximum Gasteiger partial charge on any atom is -0.0352 e. The first kappa shape index (κ1) is 12.1. The van der Waals surface area contributed by atoms with Gasteiger partial charge in [-0.3, -0.25) is 0 Å². The van der Waals surface area contributed by atoms with Crippen LogP contribution in [0, 0.1) is 29.6 Å². The lowest BCUT2D eigenvalue weighted by molar-refractivity contribution is 0.215. The van der Waals surface area contributed by atoms with Crippen LogP contribution in [-0.2, 0) is 0 Å². The van der Waals surface area contributed by atoms with E-state index in [-0.39, 0.29) is 0 Å². The number of fused-ring (bicyclic) bond motifs is 3. The molecule has 17 heavy (non-hydrogen) atoms. The molecule has 0 aromatic carbocycles. The summed E-state index contributed by atoms with van der Waals surface area (Å²) in [6, 6.07) is 0. The molecule has 0 radical (unpaired) electrons. The minimum Gasteiger partial charge on any atom is -0.0654 e. The summed E-state index contributed by atoms with van der Waals surface area (Å²) in [6.07, 6.45) is 17.0. The Labute approximate surface area is 108 Å². The van der Waals surface area contributed by atoms with Gasteiger partial charge in [-0.1, -0.05) is 51.9 Å². The van der Waals surface area contributed by atoms with E-state index in [4.69, 9.17) is 0 Å². The minimum atomic E-state index is 1.12. The van der Waals surface area contributed by atoms with E-state index in [1.54, 1.807) is 51.4 Å². The van der Waals surface area contributed by atoms with E-state index in [0.29, 0.717) is 0 Å². The molecule has 3 aliphatic rings. The Morgan fingerprint density at radius 3 is 2.59 bits per heavy atom. The zero-order chi connectivity index (χ0) is 11.7. The summed E-state index contributed by atoms with van der Waals surface area (Å²) in [5.74, 6) is 5.79. The van der Waals surface area contributed by atoms with Crippen molar-refractivity contribution in [3.05, 3.63) is 0 Å². The smallest absolute Gasteiger partial charge is 0.0352 e. The molecule has 98 valence electrons. The van der Waals surface area contributed by atoms with E-state index >= 15 is 0 Å². The second-order valence-electron chi connectivity index (χ2n) is 7.20. The quantitative estimate of drug-likeness (QED) is 0.570. The topological polar surface area (TPSA) is 0 Å². The first-order chi connectivity index (χ1) is 8.38. The molecule has 5 atom stereocenters. The van der Waals surface area contributed by atoms with Crippen LogP contribution >= 0.6 is 0 Å². The van der Waals surface area contributed by atoms with Gasteiger partial charge in [-0.05, 0) is 55.3 Å². The fraction of sp³-hybridized carbons (Fsp3) is 1.00. The molecule has 0 amide bonds. The maximum absolute atomic E-state index is 2.33. The van der Waals surface area contributed by atoms with Crippen LogP contribution < -0.4 is 0 Å². The molecule has 3 rings (SSSR count). The monoisotopic (exact) mass is 234 g/mol. The average Bonchev–Trinajstić information content (AvgIpc) is 2.86. The van der Waals surface area contributed by atoms with Gasteiger partial charge < -0.3 is 0 Å².